The van der Waals surface area contributed by atoms with E-state index in [1.807, 2.05) is 6.07 Å². The largest absolute Gasteiger partial charge is 0.497 e. The Morgan fingerprint density at radius 1 is 1.14 bits per heavy atom. The van der Waals surface area contributed by atoms with Crippen LogP contribution in [0.4, 0.5) is 0 Å². The minimum Gasteiger partial charge on any atom is -0.497 e. The van der Waals surface area contributed by atoms with Crippen molar-refractivity contribution in [2.75, 3.05) is 7.11 Å². The molecule has 2 aliphatic heterocycles. The first-order valence-electron chi connectivity index (χ1n) is 4.51. The fourth-order valence-electron chi connectivity index (χ4n) is 2.15. The van der Waals surface area contributed by atoms with Crippen molar-refractivity contribution in [2.45, 2.75) is 12.1 Å². The third kappa shape index (κ3) is 1.15. The Morgan fingerprint density at radius 2 is 1.86 bits per heavy atom. The van der Waals surface area contributed by atoms with Gasteiger partial charge in [-0.15, -0.1) is 12.4 Å². The highest BCUT2D eigenvalue weighted by atomic mass is 35.5. The van der Waals surface area contributed by atoms with Crippen LogP contribution >= 0.6 is 12.4 Å². The van der Waals surface area contributed by atoms with E-state index < -0.39 is 0 Å². The molecule has 2 heterocycles. The molecule has 14 heavy (non-hydrogen) atoms. The van der Waals surface area contributed by atoms with E-state index in [4.69, 9.17) is 4.74 Å². The molecule has 0 aromatic heterocycles. The molecule has 0 saturated carbocycles. The van der Waals surface area contributed by atoms with Crippen LogP contribution in [-0.2, 0) is 0 Å². The lowest BCUT2D eigenvalue weighted by molar-refractivity contribution is 0.414. The van der Waals surface area contributed by atoms with Crippen molar-refractivity contribution in [3.05, 3.63) is 41.5 Å². The normalized spacial score (nSPS) is 25.8. The SMILES string of the molecule is COc1ccc2c(c1)C1C=CC2N1.Cl. The molecule has 1 aromatic carbocycles. The smallest absolute Gasteiger partial charge is 0.119 e. The predicted octanol–water partition coefficient (Wildman–Crippen LogP) is 2.37. The fourth-order valence-corrected chi connectivity index (χ4v) is 2.15. The van der Waals surface area contributed by atoms with Gasteiger partial charge >= 0.3 is 0 Å². The summed E-state index contributed by atoms with van der Waals surface area (Å²) < 4.78 is 5.20. The maximum absolute atomic E-state index is 5.20. The Morgan fingerprint density at radius 3 is 2.57 bits per heavy atom. The number of ether oxygens (including phenoxy) is 1. The molecule has 0 aliphatic carbocycles. The van der Waals surface area contributed by atoms with E-state index in [9.17, 15) is 0 Å². The molecule has 74 valence electrons. The third-order valence-corrected chi connectivity index (χ3v) is 2.82. The highest BCUT2D eigenvalue weighted by molar-refractivity contribution is 5.85. The number of nitrogens with one attached hydrogen (secondary N) is 1. The van der Waals surface area contributed by atoms with Crippen LogP contribution in [-0.4, -0.2) is 7.11 Å². The van der Waals surface area contributed by atoms with Crippen molar-refractivity contribution in [1.82, 2.24) is 5.32 Å². The second-order valence-electron chi connectivity index (χ2n) is 3.50. The quantitative estimate of drug-likeness (QED) is 0.718. The van der Waals surface area contributed by atoms with Crippen molar-refractivity contribution >= 4 is 12.4 Å². The highest BCUT2D eigenvalue weighted by Crippen LogP contribution is 2.41. The number of fused-ring (bicyclic) bond motifs is 5. The molecule has 2 bridgehead atoms. The summed E-state index contributed by atoms with van der Waals surface area (Å²) in [7, 11) is 1.71. The van der Waals surface area contributed by atoms with Gasteiger partial charge in [0.2, 0.25) is 0 Å². The number of hydrogen-bond acceptors (Lipinski definition) is 2. The lowest BCUT2D eigenvalue weighted by atomic mass is 9.97. The average Bonchev–Trinajstić information content (AvgIpc) is 2.77. The summed E-state index contributed by atoms with van der Waals surface area (Å²) in [6.07, 6.45) is 4.44. The fraction of sp³-hybridized carbons (Fsp3) is 0.273. The zero-order valence-electron chi connectivity index (χ0n) is 7.86. The topological polar surface area (TPSA) is 21.3 Å². The van der Waals surface area contributed by atoms with Gasteiger partial charge < -0.3 is 4.74 Å². The summed E-state index contributed by atoms with van der Waals surface area (Å²) >= 11 is 0. The minimum atomic E-state index is 0. The average molecular weight is 210 g/mol. The summed E-state index contributed by atoms with van der Waals surface area (Å²) in [4.78, 5) is 0. The van der Waals surface area contributed by atoms with E-state index in [2.05, 4.69) is 29.6 Å². The first kappa shape index (κ1) is 9.56. The molecule has 0 radical (unpaired) electrons. The number of halogens is 1. The molecule has 3 rings (SSSR count). The molecule has 0 fully saturated rings. The molecular weight excluding hydrogens is 198 g/mol. The van der Waals surface area contributed by atoms with Gasteiger partial charge in [0.05, 0.1) is 19.2 Å². The van der Waals surface area contributed by atoms with Crippen molar-refractivity contribution in [1.29, 1.82) is 0 Å². The Balaban J connectivity index is 0.000000750. The van der Waals surface area contributed by atoms with Crippen LogP contribution in [0.3, 0.4) is 0 Å². The van der Waals surface area contributed by atoms with Gasteiger partial charge in [-0.05, 0) is 23.3 Å². The summed E-state index contributed by atoms with van der Waals surface area (Å²) in [6, 6.07) is 7.14. The van der Waals surface area contributed by atoms with Crippen LogP contribution in [0.5, 0.6) is 5.75 Å². The van der Waals surface area contributed by atoms with Crippen molar-refractivity contribution in [3.63, 3.8) is 0 Å². The van der Waals surface area contributed by atoms with Crippen LogP contribution in [0.1, 0.15) is 23.2 Å². The van der Waals surface area contributed by atoms with Crippen molar-refractivity contribution in [3.8, 4) is 5.75 Å². The summed E-state index contributed by atoms with van der Waals surface area (Å²) in [5.74, 6) is 0.946. The van der Waals surface area contributed by atoms with Crippen LogP contribution in [0.15, 0.2) is 30.4 Å². The lowest BCUT2D eigenvalue weighted by Gasteiger charge is -2.09. The third-order valence-electron chi connectivity index (χ3n) is 2.82. The highest BCUT2D eigenvalue weighted by Gasteiger charge is 2.31. The van der Waals surface area contributed by atoms with Gasteiger partial charge in [0.1, 0.15) is 5.75 Å². The van der Waals surface area contributed by atoms with Gasteiger partial charge in [0, 0.05) is 0 Å². The van der Waals surface area contributed by atoms with Crippen LogP contribution in [0.2, 0.25) is 0 Å². The number of hydrogen-bond donors (Lipinski definition) is 1. The van der Waals surface area contributed by atoms with Gasteiger partial charge in [0.15, 0.2) is 0 Å². The Kier molecular flexibility index (Phi) is 2.25. The molecule has 0 amide bonds. The molecule has 1 N–H and O–H groups in total. The molecule has 2 unspecified atom stereocenters. The van der Waals surface area contributed by atoms with Crippen LogP contribution < -0.4 is 10.1 Å². The molecule has 3 heteroatoms. The second kappa shape index (κ2) is 3.30. The molecule has 0 saturated heterocycles. The summed E-state index contributed by atoms with van der Waals surface area (Å²) in [6.45, 7) is 0. The lowest BCUT2D eigenvalue weighted by Crippen LogP contribution is -2.07. The van der Waals surface area contributed by atoms with Crippen molar-refractivity contribution in [2.24, 2.45) is 0 Å². The zero-order valence-corrected chi connectivity index (χ0v) is 8.67. The molecule has 0 spiro atoms. The Labute approximate surface area is 89.4 Å². The molecule has 1 aromatic rings. The minimum absolute atomic E-state index is 0. The maximum Gasteiger partial charge on any atom is 0.119 e. The Bertz CT molecular complexity index is 389. The first-order chi connectivity index (χ1) is 6.38. The maximum atomic E-state index is 5.20. The standard InChI is InChI=1S/C11H11NO.ClH/c1-13-7-2-3-8-9(6-7)11-5-4-10(8)12-11;/h2-6,10-12H,1H3;1H. The van der Waals surface area contributed by atoms with Gasteiger partial charge in [-0.2, -0.15) is 0 Å². The second-order valence-corrected chi connectivity index (χ2v) is 3.50. The van der Waals surface area contributed by atoms with Gasteiger partial charge in [-0.3, -0.25) is 5.32 Å². The van der Waals surface area contributed by atoms with Gasteiger partial charge in [0.25, 0.3) is 0 Å². The molecule has 2 atom stereocenters. The van der Waals surface area contributed by atoms with E-state index in [0.717, 1.165) is 5.75 Å². The van der Waals surface area contributed by atoms with Crippen LogP contribution in [0, 0.1) is 0 Å². The van der Waals surface area contributed by atoms with Gasteiger partial charge in [-0.1, -0.05) is 18.2 Å². The summed E-state index contributed by atoms with van der Waals surface area (Å²) in [5, 5.41) is 3.48. The first-order valence-corrected chi connectivity index (χ1v) is 4.51. The number of methoxy groups -OCH3 is 1. The van der Waals surface area contributed by atoms with Gasteiger partial charge in [-0.25, -0.2) is 0 Å². The van der Waals surface area contributed by atoms with Crippen LogP contribution in [0.25, 0.3) is 0 Å². The number of benzene rings is 1. The van der Waals surface area contributed by atoms with E-state index >= 15 is 0 Å². The van der Waals surface area contributed by atoms with E-state index in [-0.39, 0.29) is 12.4 Å². The number of rotatable bonds is 1. The molecule has 2 nitrogen and oxygen atoms in total. The van der Waals surface area contributed by atoms with E-state index in [0.29, 0.717) is 12.1 Å². The Hall–Kier alpha value is -0.990. The summed E-state index contributed by atoms with van der Waals surface area (Å²) in [5.41, 5.74) is 2.76. The van der Waals surface area contributed by atoms with Crippen molar-refractivity contribution < 1.29 is 4.74 Å². The monoisotopic (exact) mass is 209 g/mol. The molecule has 2 aliphatic rings. The zero-order chi connectivity index (χ0) is 8.84. The van der Waals surface area contributed by atoms with E-state index in [1.165, 1.54) is 11.1 Å². The molecular formula is C11H12ClNO. The van der Waals surface area contributed by atoms with E-state index in [1.54, 1.807) is 7.11 Å². The predicted molar refractivity (Wildman–Crippen MR) is 58.0 cm³/mol.